The van der Waals surface area contributed by atoms with E-state index in [1.165, 1.54) is 35.8 Å². The van der Waals surface area contributed by atoms with Crippen molar-refractivity contribution in [3.8, 4) is 27.4 Å². The van der Waals surface area contributed by atoms with E-state index in [2.05, 4.69) is 15.5 Å². The lowest BCUT2D eigenvalue weighted by atomic mass is 10.1. The van der Waals surface area contributed by atoms with Gasteiger partial charge in [-0.2, -0.15) is 5.10 Å². The van der Waals surface area contributed by atoms with E-state index in [0.717, 1.165) is 21.7 Å². The Morgan fingerprint density at radius 3 is 2.33 bits per heavy atom. The van der Waals surface area contributed by atoms with Crippen LogP contribution in [0.5, 0.6) is 5.75 Å². The summed E-state index contributed by atoms with van der Waals surface area (Å²) in [4.78, 5) is 16.1. The van der Waals surface area contributed by atoms with E-state index in [4.69, 9.17) is 0 Å². The molecule has 0 aliphatic heterocycles. The van der Waals surface area contributed by atoms with Crippen molar-refractivity contribution in [3.63, 3.8) is 0 Å². The number of non-ortho nitro benzene ring substituents is 1. The second-order valence-electron chi connectivity index (χ2n) is 6.30. The normalized spacial score (nSPS) is 10.9. The number of hydrazone groups is 1. The molecule has 0 bridgehead atoms. The van der Waals surface area contributed by atoms with Crippen LogP contribution in [0.1, 0.15) is 5.56 Å². The molecule has 4 aromatic rings. The molecule has 0 saturated heterocycles. The van der Waals surface area contributed by atoms with Crippen LogP contribution in [0.4, 0.5) is 10.8 Å². The van der Waals surface area contributed by atoms with Gasteiger partial charge in [0.15, 0.2) is 0 Å². The fourth-order valence-electron chi connectivity index (χ4n) is 2.86. The molecule has 7 nitrogen and oxygen atoms in total. The van der Waals surface area contributed by atoms with Crippen molar-refractivity contribution in [2.45, 2.75) is 0 Å². The summed E-state index contributed by atoms with van der Waals surface area (Å²) in [5.41, 5.74) is 5.84. The molecule has 148 valence electrons. The van der Waals surface area contributed by atoms with E-state index in [9.17, 15) is 15.2 Å². The number of rotatable bonds is 6. The third-order valence-corrected chi connectivity index (χ3v) is 5.31. The zero-order valence-corrected chi connectivity index (χ0v) is 16.4. The van der Waals surface area contributed by atoms with E-state index < -0.39 is 4.92 Å². The lowest BCUT2D eigenvalue weighted by Gasteiger charge is -2.02. The molecule has 0 spiro atoms. The average Bonchev–Trinajstić information content (AvgIpc) is 3.20. The van der Waals surface area contributed by atoms with Crippen LogP contribution in [0.2, 0.25) is 0 Å². The standard InChI is InChI=1S/C22H16N4O3S/c27-19-12-11-18(26(28)29)13-17(19)14-23-25-22-24-20(15-7-3-1-4-8-15)21(30-22)16-9-5-2-6-10-16/h1-14,27H,(H,24,25)/b23-14+. The van der Waals surface area contributed by atoms with Gasteiger partial charge in [-0.25, -0.2) is 4.98 Å². The van der Waals surface area contributed by atoms with Crippen LogP contribution in [-0.4, -0.2) is 21.2 Å². The van der Waals surface area contributed by atoms with Crippen molar-refractivity contribution in [3.05, 3.63) is 94.5 Å². The number of hydrogen-bond donors (Lipinski definition) is 2. The van der Waals surface area contributed by atoms with Gasteiger partial charge in [-0.05, 0) is 11.6 Å². The lowest BCUT2D eigenvalue weighted by molar-refractivity contribution is -0.384. The molecule has 0 aliphatic carbocycles. The summed E-state index contributed by atoms with van der Waals surface area (Å²) in [6, 6.07) is 23.6. The van der Waals surface area contributed by atoms with E-state index in [0.29, 0.717) is 5.13 Å². The molecular weight excluding hydrogens is 400 g/mol. The van der Waals surface area contributed by atoms with Crippen LogP contribution in [0.3, 0.4) is 0 Å². The largest absolute Gasteiger partial charge is 0.507 e. The van der Waals surface area contributed by atoms with Crippen LogP contribution >= 0.6 is 11.3 Å². The van der Waals surface area contributed by atoms with Crippen LogP contribution < -0.4 is 5.43 Å². The zero-order valence-electron chi connectivity index (χ0n) is 15.6. The van der Waals surface area contributed by atoms with Gasteiger partial charge < -0.3 is 5.11 Å². The molecule has 30 heavy (non-hydrogen) atoms. The fraction of sp³-hybridized carbons (Fsp3) is 0. The first kappa shape index (κ1) is 19.3. The van der Waals surface area contributed by atoms with Crippen LogP contribution in [-0.2, 0) is 0 Å². The molecule has 0 fully saturated rings. The monoisotopic (exact) mass is 416 g/mol. The van der Waals surface area contributed by atoms with E-state index in [1.54, 1.807) is 0 Å². The quantitative estimate of drug-likeness (QED) is 0.244. The molecule has 2 N–H and O–H groups in total. The number of aromatic hydroxyl groups is 1. The van der Waals surface area contributed by atoms with Crippen molar-refractivity contribution in [1.29, 1.82) is 0 Å². The molecule has 0 atom stereocenters. The van der Waals surface area contributed by atoms with Crippen molar-refractivity contribution < 1.29 is 10.0 Å². The molecule has 0 amide bonds. The SMILES string of the molecule is O=[N+]([O-])c1ccc(O)c(/C=N/Nc2nc(-c3ccccc3)c(-c3ccccc3)s2)c1. The lowest BCUT2D eigenvalue weighted by Crippen LogP contribution is -1.93. The van der Waals surface area contributed by atoms with E-state index in [-0.39, 0.29) is 17.0 Å². The number of nitro groups is 1. The van der Waals surface area contributed by atoms with Gasteiger partial charge in [0, 0.05) is 23.3 Å². The highest BCUT2D eigenvalue weighted by Crippen LogP contribution is 2.38. The highest BCUT2D eigenvalue weighted by molar-refractivity contribution is 7.19. The van der Waals surface area contributed by atoms with Crippen molar-refractivity contribution in [2.24, 2.45) is 5.10 Å². The first-order valence-corrected chi connectivity index (χ1v) is 9.81. The first-order chi connectivity index (χ1) is 14.6. The van der Waals surface area contributed by atoms with Crippen LogP contribution in [0, 0.1) is 10.1 Å². The van der Waals surface area contributed by atoms with Crippen LogP contribution in [0.25, 0.3) is 21.7 Å². The van der Waals surface area contributed by atoms with Gasteiger partial charge in [0.25, 0.3) is 5.69 Å². The van der Waals surface area contributed by atoms with Crippen LogP contribution in [0.15, 0.2) is 84.0 Å². The number of thiazole rings is 1. The summed E-state index contributed by atoms with van der Waals surface area (Å²) in [7, 11) is 0. The van der Waals surface area contributed by atoms with Gasteiger partial charge in [0.1, 0.15) is 5.75 Å². The predicted octanol–water partition coefficient (Wildman–Crippen LogP) is 5.54. The predicted molar refractivity (Wildman–Crippen MR) is 119 cm³/mol. The number of nitro benzene ring substituents is 1. The Morgan fingerprint density at radius 1 is 1.00 bits per heavy atom. The smallest absolute Gasteiger partial charge is 0.270 e. The highest BCUT2D eigenvalue weighted by atomic mass is 32.1. The number of phenols is 1. The summed E-state index contributed by atoms with van der Waals surface area (Å²) in [6.07, 6.45) is 1.33. The Balaban J connectivity index is 1.64. The topological polar surface area (TPSA) is 101 Å². The first-order valence-electron chi connectivity index (χ1n) is 9.00. The number of nitrogens with zero attached hydrogens (tertiary/aromatic N) is 3. The van der Waals surface area contributed by atoms with Crippen molar-refractivity contribution in [1.82, 2.24) is 4.98 Å². The zero-order chi connectivity index (χ0) is 20.9. The summed E-state index contributed by atoms with van der Waals surface area (Å²) in [5.74, 6) is -0.0970. The number of nitrogens with one attached hydrogen (secondary N) is 1. The Labute approximate surface area is 176 Å². The second-order valence-corrected chi connectivity index (χ2v) is 7.30. The molecule has 0 aliphatic rings. The summed E-state index contributed by atoms with van der Waals surface area (Å²) in [5, 5.41) is 25.5. The Kier molecular flexibility index (Phi) is 5.49. The number of phenolic OH excluding ortho intramolecular Hbond substituents is 1. The second kappa shape index (κ2) is 8.54. The summed E-state index contributed by atoms with van der Waals surface area (Å²) < 4.78 is 0. The maximum absolute atomic E-state index is 10.9. The molecule has 8 heteroatoms. The minimum absolute atomic E-state index is 0.0970. The van der Waals surface area contributed by atoms with Gasteiger partial charge >= 0.3 is 0 Å². The van der Waals surface area contributed by atoms with Crippen molar-refractivity contribution in [2.75, 3.05) is 5.43 Å². The fourth-order valence-corrected chi connectivity index (χ4v) is 3.80. The highest BCUT2D eigenvalue weighted by Gasteiger charge is 2.14. The van der Waals surface area contributed by atoms with Crippen molar-refractivity contribution >= 4 is 28.4 Å². The molecule has 1 aromatic heterocycles. The molecule has 0 saturated carbocycles. The van der Waals surface area contributed by atoms with Gasteiger partial charge in [-0.3, -0.25) is 15.5 Å². The minimum atomic E-state index is -0.524. The molecule has 0 unspecified atom stereocenters. The number of hydrogen-bond acceptors (Lipinski definition) is 7. The number of aromatic nitrogens is 1. The summed E-state index contributed by atoms with van der Waals surface area (Å²) in [6.45, 7) is 0. The number of benzene rings is 3. The maximum Gasteiger partial charge on any atom is 0.270 e. The van der Waals surface area contributed by atoms with E-state index in [1.807, 2.05) is 60.7 Å². The Hall–Kier alpha value is -4.04. The van der Waals surface area contributed by atoms with Gasteiger partial charge in [0.2, 0.25) is 5.13 Å². The minimum Gasteiger partial charge on any atom is -0.507 e. The Morgan fingerprint density at radius 2 is 1.67 bits per heavy atom. The average molecular weight is 416 g/mol. The Bertz CT molecular complexity index is 1150. The molecule has 4 rings (SSSR count). The van der Waals surface area contributed by atoms with Gasteiger partial charge in [0.05, 0.1) is 21.7 Å². The number of anilines is 1. The molecule has 1 heterocycles. The van der Waals surface area contributed by atoms with Gasteiger partial charge in [-0.15, -0.1) is 0 Å². The summed E-state index contributed by atoms with van der Waals surface area (Å²) >= 11 is 1.45. The third-order valence-electron chi connectivity index (χ3n) is 4.30. The maximum atomic E-state index is 10.9. The van der Waals surface area contributed by atoms with E-state index >= 15 is 0 Å². The van der Waals surface area contributed by atoms with Gasteiger partial charge in [-0.1, -0.05) is 72.0 Å². The third kappa shape index (κ3) is 4.18. The molecular formula is C22H16N4O3S. The molecule has 0 radical (unpaired) electrons. The molecule has 3 aromatic carbocycles.